The number of primary amides is 1. The van der Waals surface area contributed by atoms with E-state index >= 15 is 0 Å². The topological polar surface area (TPSA) is 81.8 Å². The van der Waals surface area contributed by atoms with E-state index in [4.69, 9.17) is 5.73 Å². The number of nitrogens with two attached hydrogens (primary N) is 1. The van der Waals surface area contributed by atoms with Crippen molar-refractivity contribution in [1.82, 2.24) is 15.0 Å². The fraction of sp³-hybridized carbons (Fsp3) is 0.0909. The van der Waals surface area contributed by atoms with Crippen LogP contribution >= 0.6 is 0 Å². The molecule has 0 spiro atoms. The first-order valence-corrected chi connectivity index (χ1v) is 8.95. The summed E-state index contributed by atoms with van der Waals surface area (Å²) in [5.41, 5.74) is 9.53. The molecule has 2 heterocycles. The molecule has 2 aromatic heterocycles. The average Bonchev–Trinajstić information content (AvgIpc) is 2.73. The van der Waals surface area contributed by atoms with Crippen molar-refractivity contribution in [3.05, 3.63) is 89.6 Å². The largest absolute Gasteiger partial charge is 0.364 e. The maximum atomic E-state index is 13.3. The third-order valence-electron chi connectivity index (χ3n) is 4.66. The number of rotatable bonds is 5. The molecule has 4 aromatic rings. The smallest absolute Gasteiger partial charge is 0.308 e. The molecule has 0 aliphatic rings. The van der Waals surface area contributed by atoms with Gasteiger partial charge in [-0.2, -0.15) is 4.39 Å². The Labute approximate surface area is 165 Å². The summed E-state index contributed by atoms with van der Waals surface area (Å²) in [5, 5.41) is 0.829. The standard InChI is InChI=1S/C22H16F2N4O/c23-16-6-4-15(5-7-16)18-10-20(21(25)29)28-19-9-13(3-8-17(18)19)1-2-14-11-26-22(24)27-12-14/h3-12H,1-2H2,(H2,25,29). The average molecular weight is 390 g/mol. The minimum Gasteiger partial charge on any atom is -0.364 e. The van der Waals surface area contributed by atoms with Gasteiger partial charge in [0, 0.05) is 17.8 Å². The highest BCUT2D eigenvalue weighted by Gasteiger charge is 2.12. The van der Waals surface area contributed by atoms with E-state index in [1.54, 1.807) is 18.2 Å². The Kier molecular flexibility index (Phi) is 4.95. The number of aromatic nitrogens is 3. The van der Waals surface area contributed by atoms with E-state index in [0.29, 0.717) is 18.4 Å². The van der Waals surface area contributed by atoms with E-state index < -0.39 is 12.0 Å². The van der Waals surface area contributed by atoms with Crippen LogP contribution < -0.4 is 5.73 Å². The Morgan fingerprint density at radius 1 is 0.897 bits per heavy atom. The van der Waals surface area contributed by atoms with Crippen molar-refractivity contribution < 1.29 is 13.6 Å². The lowest BCUT2D eigenvalue weighted by atomic mass is 9.97. The summed E-state index contributed by atoms with van der Waals surface area (Å²) in [7, 11) is 0. The summed E-state index contributed by atoms with van der Waals surface area (Å²) in [6.45, 7) is 0. The van der Waals surface area contributed by atoms with Crippen molar-refractivity contribution in [1.29, 1.82) is 0 Å². The molecule has 0 aliphatic heterocycles. The van der Waals surface area contributed by atoms with Crippen molar-refractivity contribution in [2.75, 3.05) is 0 Å². The van der Waals surface area contributed by atoms with Gasteiger partial charge in [-0.15, -0.1) is 0 Å². The molecule has 0 bridgehead atoms. The van der Waals surface area contributed by atoms with Gasteiger partial charge in [0.2, 0.25) is 0 Å². The minimum atomic E-state index is -0.754. The van der Waals surface area contributed by atoms with Crippen molar-refractivity contribution in [3.63, 3.8) is 0 Å². The van der Waals surface area contributed by atoms with Crippen LogP contribution in [-0.2, 0) is 12.8 Å². The van der Waals surface area contributed by atoms with Crippen molar-refractivity contribution >= 4 is 16.8 Å². The minimum absolute atomic E-state index is 0.140. The SMILES string of the molecule is NC(=O)c1cc(-c2ccc(F)cc2)c2ccc(CCc3cnc(F)nc3)cc2n1. The van der Waals surface area contributed by atoms with Crippen LogP contribution in [0.2, 0.25) is 0 Å². The molecule has 7 heteroatoms. The lowest BCUT2D eigenvalue weighted by Gasteiger charge is -2.10. The van der Waals surface area contributed by atoms with Crippen molar-refractivity contribution in [3.8, 4) is 11.1 Å². The zero-order valence-electron chi connectivity index (χ0n) is 15.3. The second-order valence-electron chi connectivity index (χ2n) is 6.64. The number of hydrogen-bond acceptors (Lipinski definition) is 4. The molecule has 2 N–H and O–H groups in total. The number of carbonyl (C=O) groups is 1. The molecule has 1 amide bonds. The Morgan fingerprint density at radius 2 is 1.59 bits per heavy atom. The van der Waals surface area contributed by atoms with Crippen LogP contribution in [0.3, 0.4) is 0 Å². The van der Waals surface area contributed by atoms with Crippen LogP contribution in [-0.4, -0.2) is 20.9 Å². The summed E-state index contributed by atoms with van der Waals surface area (Å²) in [6.07, 6.45) is 3.46. The van der Waals surface area contributed by atoms with E-state index in [9.17, 15) is 13.6 Å². The maximum absolute atomic E-state index is 13.3. The molecule has 0 aliphatic carbocycles. The molecule has 0 atom stereocenters. The molecule has 4 rings (SSSR count). The highest BCUT2D eigenvalue weighted by Crippen LogP contribution is 2.29. The number of aryl methyl sites for hydroxylation is 2. The predicted molar refractivity (Wildman–Crippen MR) is 105 cm³/mol. The molecule has 5 nitrogen and oxygen atoms in total. The Hall–Kier alpha value is -3.74. The van der Waals surface area contributed by atoms with Gasteiger partial charge in [0.1, 0.15) is 11.5 Å². The van der Waals surface area contributed by atoms with Gasteiger partial charge < -0.3 is 5.73 Å². The highest BCUT2D eigenvalue weighted by molar-refractivity contribution is 6.00. The molecule has 0 saturated heterocycles. The van der Waals surface area contributed by atoms with Crippen LogP contribution in [0.5, 0.6) is 0 Å². The van der Waals surface area contributed by atoms with Gasteiger partial charge in [0.25, 0.3) is 5.91 Å². The molecule has 29 heavy (non-hydrogen) atoms. The fourth-order valence-electron chi connectivity index (χ4n) is 3.18. The van der Waals surface area contributed by atoms with Gasteiger partial charge in [-0.1, -0.05) is 24.3 Å². The zero-order chi connectivity index (χ0) is 20.4. The third-order valence-corrected chi connectivity index (χ3v) is 4.66. The second kappa shape index (κ2) is 7.71. The van der Waals surface area contributed by atoms with Crippen LogP contribution in [0, 0.1) is 11.9 Å². The molecule has 144 valence electrons. The Bertz CT molecular complexity index is 1190. The number of benzene rings is 2. The molecule has 0 saturated carbocycles. The monoisotopic (exact) mass is 390 g/mol. The van der Waals surface area contributed by atoms with Gasteiger partial charge in [0.05, 0.1) is 5.52 Å². The molecular weight excluding hydrogens is 374 g/mol. The number of hydrogen-bond donors (Lipinski definition) is 1. The fourth-order valence-corrected chi connectivity index (χ4v) is 3.18. The van der Waals surface area contributed by atoms with E-state index in [1.807, 2.05) is 18.2 Å². The first-order valence-electron chi connectivity index (χ1n) is 8.95. The molecule has 0 unspecified atom stereocenters. The number of nitrogens with zero attached hydrogens (tertiary/aromatic N) is 3. The lowest BCUT2D eigenvalue weighted by Crippen LogP contribution is -2.13. The third kappa shape index (κ3) is 4.08. The second-order valence-corrected chi connectivity index (χ2v) is 6.64. The van der Waals surface area contributed by atoms with Crippen LogP contribution in [0.4, 0.5) is 8.78 Å². The highest BCUT2D eigenvalue weighted by atomic mass is 19.1. The summed E-state index contributed by atoms with van der Waals surface area (Å²) in [6, 6.07) is 13.4. The van der Waals surface area contributed by atoms with Gasteiger partial charge in [-0.05, 0) is 59.4 Å². The van der Waals surface area contributed by atoms with E-state index in [1.165, 1.54) is 24.5 Å². The Morgan fingerprint density at radius 3 is 2.28 bits per heavy atom. The Balaban J connectivity index is 1.72. The number of pyridine rings is 1. The molecule has 0 fully saturated rings. The number of carbonyl (C=O) groups excluding carboxylic acids is 1. The summed E-state index contributed by atoms with van der Waals surface area (Å²) in [5.74, 6) is -0.974. The van der Waals surface area contributed by atoms with Crippen LogP contribution in [0.25, 0.3) is 22.0 Å². The van der Waals surface area contributed by atoms with Gasteiger partial charge >= 0.3 is 6.08 Å². The summed E-state index contributed by atoms with van der Waals surface area (Å²) < 4.78 is 26.1. The predicted octanol–water partition coefficient (Wildman–Crippen LogP) is 3.85. The van der Waals surface area contributed by atoms with Gasteiger partial charge in [-0.25, -0.2) is 19.3 Å². The quantitative estimate of drug-likeness (QED) is 0.525. The molecular formula is C22H16F2N4O. The first-order chi connectivity index (χ1) is 14.0. The molecule has 0 radical (unpaired) electrons. The van der Waals surface area contributed by atoms with Crippen molar-refractivity contribution in [2.24, 2.45) is 5.73 Å². The zero-order valence-corrected chi connectivity index (χ0v) is 15.3. The number of amides is 1. The van der Waals surface area contributed by atoms with Gasteiger partial charge in [0.15, 0.2) is 0 Å². The normalized spacial score (nSPS) is 11.0. The summed E-state index contributed by atoms with van der Waals surface area (Å²) in [4.78, 5) is 23.3. The number of halogens is 2. The number of fused-ring (bicyclic) bond motifs is 1. The first kappa shape index (κ1) is 18.6. The van der Waals surface area contributed by atoms with Gasteiger partial charge in [-0.3, -0.25) is 4.79 Å². The van der Waals surface area contributed by atoms with Crippen LogP contribution in [0.1, 0.15) is 21.6 Å². The van der Waals surface area contributed by atoms with Crippen LogP contribution in [0.15, 0.2) is 60.9 Å². The van der Waals surface area contributed by atoms with E-state index in [0.717, 1.165) is 27.6 Å². The van der Waals surface area contributed by atoms with E-state index in [-0.39, 0.29) is 11.5 Å². The summed E-state index contributed by atoms with van der Waals surface area (Å²) >= 11 is 0. The van der Waals surface area contributed by atoms with E-state index in [2.05, 4.69) is 15.0 Å². The maximum Gasteiger partial charge on any atom is 0.308 e. The lowest BCUT2D eigenvalue weighted by molar-refractivity contribution is 0.0996. The molecule has 2 aromatic carbocycles. The van der Waals surface area contributed by atoms with Crippen molar-refractivity contribution in [2.45, 2.75) is 12.8 Å².